The molecule has 0 aliphatic rings. The van der Waals surface area contributed by atoms with Gasteiger partial charge in [0.15, 0.2) is 0 Å². The molecule has 17 heavy (non-hydrogen) atoms. The number of rotatable bonds is 4. The van der Waals surface area contributed by atoms with Gasteiger partial charge in [-0.25, -0.2) is 4.98 Å². The van der Waals surface area contributed by atoms with Crippen LogP contribution in [0.3, 0.4) is 0 Å². The standard InChI is InChI=1S/C11H12BrN3OS/c1-2-7-3-4-8(17-7)5-13-10-9(12)11(16)15-6-14-10/h3-4,6H,2,5H2,1H3,(H2,13,14,15,16). The van der Waals surface area contributed by atoms with Crippen molar-refractivity contribution in [3.8, 4) is 0 Å². The molecule has 0 unspecified atom stereocenters. The van der Waals surface area contributed by atoms with Crippen LogP contribution in [0.5, 0.6) is 0 Å². The molecule has 0 aliphatic heterocycles. The fourth-order valence-electron chi connectivity index (χ4n) is 1.38. The first-order valence-corrected chi connectivity index (χ1v) is 6.86. The molecule has 4 nitrogen and oxygen atoms in total. The van der Waals surface area contributed by atoms with Gasteiger partial charge in [0, 0.05) is 9.75 Å². The normalized spacial score (nSPS) is 10.5. The number of hydrogen-bond acceptors (Lipinski definition) is 4. The summed E-state index contributed by atoms with van der Waals surface area (Å²) in [7, 11) is 0. The summed E-state index contributed by atoms with van der Waals surface area (Å²) in [6, 6.07) is 4.22. The number of nitrogens with zero attached hydrogens (tertiary/aromatic N) is 1. The minimum atomic E-state index is -0.178. The summed E-state index contributed by atoms with van der Waals surface area (Å²) in [5, 5.41) is 3.14. The van der Waals surface area contributed by atoms with E-state index >= 15 is 0 Å². The van der Waals surface area contributed by atoms with Crippen molar-refractivity contribution >= 4 is 33.1 Å². The predicted molar refractivity (Wildman–Crippen MR) is 73.6 cm³/mol. The van der Waals surface area contributed by atoms with Crippen molar-refractivity contribution in [2.45, 2.75) is 19.9 Å². The third-order valence-electron chi connectivity index (χ3n) is 2.29. The fraction of sp³-hybridized carbons (Fsp3) is 0.273. The lowest BCUT2D eigenvalue weighted by atomic mass is 10.3. The Labute approximate surface area is 111 Å². The topological polar surface area (TPSA) is 57.8 Å². The molecule has 90 valence electrons. The summed E-state index contributed by atoms with van der Waals surface area (Å²) < 4.78 is 0.437. The van der Waals surface area contributed by atoms with Crippen molar-refractivity contribution < 1.29 is 0 Å². The van der Waals surface area contributed by atoms with Gasteiger partial charge in [-0.05, 0) is 34.5 Å². The Bertz CT molecular complexity index is 564. The van der Waals surface area contributed by atoms with E-state index < -0.39 is 0 Å². The summed E-state index contributed by atoms with van der Waals surface area (Å²) in [5.74, 6) is 0.570. The van der Waals surface area contributed by atoms with E-state index in [0.717, 1.165) is 6.42 Å². The van der Waals surface area contributed by atoms with Gasteiger partial charge in [0.1, 0.15) is 10.3 Å². The quantitative estimate of drug-likeness (QED) is 0.912. The van der Waals surface area contributed by atoms with Crippen LogP contribution >= 0.6 is 27.3 Å². The van der Waals surface area contributed by atoms with E-state index in [0.29, 0.717) is 16.8 Å². The molecule has 6 heteroatoms. The molecule has 0 radical (unpaired) electrons. The Hall–Kier alpha value is -1.14. The lowest BCUT2D eigenvalue weighted by molar-refractivity contribution is 1.06. The Morgan fingerprint density at radius 3 is 2.94 bits per heavy atom. The van der Waals surface area contributed by atoms with Crippen molar-refractivity contribution in [1.82, 2.24) is 9.97 Å². The van der Waals surface area contributed by atoms with E-state index in [1.165, 1.54) is 16.1 Å². The molecule has 0 atom stereocenters. The molecule has 0 aliphatic carbocycles. The summed E-state index contributed by atoms with van der Waals surface area (Å²) in [6.07, 6.45) is 2.44. The van der Waals surface area contributed by atoms with E-state index in [1.807, 2.05) is 0 Å². The molecule has 2 N–H and O–H groups in total. The number of aryl methyl sites for hydroxylation is 1. The molecule has 2 aromatic rings. The van der Waals surface area contributed by atoms with E-state index in [4.69, 9.17) is 0 Å². The minimum absolute atomic E-state index is 0.178. The van der Waals surface area contributed by atoms with E-state index in [2.05, 4.69) is 50.3 Å². The first kappa shape index (κ1) is 12.3. The van der Waals surface area contributed by atoms with Gasteiger partial charge in [-0.15, -0.1) is 11.3 Å². The van der Waals surface area contributed by atoms with Crippen molar-refractivity contribution in [3.05, 3.63) is 43.0 Å². The van der Waals surface area contributed by atoms with Crippen molar-refractivity contribution in [3.63, 3.8) is 0 Å². The lowest BCUT2D eigenvalue weighted by Gasteiger charge is -2.04. The van der Waals surface area contributed by atoms with Gasteiger partial charge in [0.05, 0.1) is 12.9 Å². The van der Waals surface area contributed by atoms with E-state index in [9.17, 15) is 4.79 Å². The number of aromatic nitrogens is 2. The van der Waals surface area contributed by atoms with Crippen molar-refractivity contribution in [2.75, 3.05) is 5.32 Å². The second-order valence-electron chi connectivity index (χ2n) is 3.47. The Morgan fingerprint density at radius 1 is 1.47 bits per heavy atom. The van der Waals surface area contributed by atoms with Gasteiger partial charge in [-0.1, -0.05) is 6.92 Å². The molecule has 0 spiro atoms. The smallest absolute Gasteiger partial charge is 0.267 e. The zero-order valence-electron chi connectivity index (χ0n) is 9.29. The number of nitrogens with one attached hydrogen (secondary N) is 2. The maximum Gasteiger partial charge on any atom is 0.267 e. The zero-order chi connectivity index (χ0) is 12.3. The molecule has 0 aromatic carbocycles. The number of thiophene rings is 1. The maximum absolute atomic E-state index is 11.3. The first-order valence-electron chi connectivity index (χ1n) is 5.25. The van der Waals surface area contributed by atoms with E-state index in [1.54, 1.807) is 11.3 Å². The van der Waals surface area contributed by atoms with Crippen LogP contribution in [0.15, 0.2) is 27.7 Å². The Kier molecular flexibility index (Phi) is 3.96. The zero-order valence-corrected chi connectivity index (χ0v) is 11.7. The van der Waals surface area contributed by atoms with Gasteiger partial charge in [-0.3, -0.25) is 4.79 Å². The van der Waals surface area contributed by atoms with Crippen LogP contribution < -0.4 is 10.9 Å². The molecular weight excluding hydrogens is 302 g/mol. The average Bonchev–Trinajstić information content (AvgIpc) is 2.79. The predicted octanol–water partition coefficient (Wildman–Crippen LogP) is 2.77. The number of aromatic amines is 1. The monoisotopic (exact) mass is 313 g/mol. The highest BCUT2D eigenvalue weighted by Gasteiger charge is 2.05. The highest BCUT2D eigenvalue weighted by molar-refractivity contribution is 9.10. The second-order valence-corrected chi connectivity index (χ2v) is 5.52. The Balaban J connectivity index is 2.07. The summed E-state index contributed by atoms with van der Waals surface area (Å²) in [6.45, 7) is 2.82. The fourth-order valence-corrected chi connectivity index (χ4v) is 2.64. The van der Waals surface area contributed by atoms with Gasteiger partial charge >= 0.3 is 0 Å². The molecule has 2 heterocycles. The molecule has 2 rings (SSSR count). The summed E-state index contributed by atoms with van der Waals surface area (Å²) in [5.41, 5.74) is -0.178. The molecule has 2 aromatic heterocycles. The highest BCUT2D eigenvalue weighted by Crippen LogP contribution is 2.19. The van der Waals surface area contributed by atoms with E-state index in [-0.39, 0.29) is 5.56 Å². The van der Waals surface area contributed by atoms with Crippen molar-refractivity contribution in [1.29, 1.82) is 0 Å². The second kappa shape index (κ2) is 5.46. The van der Waals surface area contributed by atoms with Crippen LogP contribution in [-0.4, -0.2) is 9.97 Å². The summed E-state index contributed by atoms with van der Waals surface area (Å²) >= 11 is 4.98. The molecule has 0 fully saturated rings. The van der Waals surface area contributed by atoms with Crippen LogP contribution in [0, 0.1) is 0 Å². The third-order valence-corrected chi connectivity index (χ3v) is 4.26. The largest absolute Gasteiger partial charge is 0.364 e. The van der Waals surface area contributed by atoms with Crippen LogP contribution in [-0.2, 0) is 13.0 Å². The molecule has 0 amide bonds. The van der Waals surface area contributed by atoms with Crippen LogP contribution in [0.25, 0.3) is 0 Å². The number of hydrogen-bond donors (Lipinski definition) is 2. The summed E-state index contributed by atoms with van der Waals surface area (Å²) in [4.78, 5) is 20.5. The third kappa shape index (κ3) is 2.95. The van der Waals surface area contributed by atoms with Gasteiger partial charge in [0.25, 0.3) is 5.56 Å². The van der Waals surface area contributed by atoms with Gasteiger partial charge in [0.2, 0.25) is 0 Å². The van der Waals surface area contributed by atoms with Crippen LogP contribution in [0.2, 0.25) is 0 Å². The highest BCUT2D eigenvalue weighted by atomic mass is 79.9. The minimum Gasteiger partial charge on any atom is -0.364 e. The maximum atomic E-state index is 11.3. The van der Waals surface area contributed by atoms with Crippen molar-refractivity contribution in [2.24, 2.45) is 0 Å². The number of anilines is 1. The van der Waals surface area contributed by atoms with Gasteiger partial charge < -0.3 is 10.3 Å². The average molecular weight is 314 g/mol. The van der Waals surface area contributed by atoms with Crippen LogP contribution in [0.1, 0.15) is 16.7 Å². The number of halogens is 1. The molecule has 0 saturated heterocycles. The van der Waals surface area contributed by atoms with Gasteiger partial charge in [-0.2, -0.15) is 0 Å². The first-order chi connectivity index (χ1) is 8.20. The molecular formula is C11H12BrN3OS. The molecule has 0 bridgehead atoms. The van der Waals surface area contributed by atoms with Crippen LogP contribution in [0.4, 0.5) is 5.82 Å². The molecule has 0 saturated carbocycles. The lowest BCUT2D eigenvalue weighted by Crippen LogP contribution is -2.11. The number of H-pyrrole nitrogens is 1. The SMILES string of the molecule is CCc1ccc(CNc2nc[nH]c(=O)c2Br)s1. The Morgan fingerprint density at radius 2 is 2.24 bits per heavy atom.